The molecule has 0 saturated heterocycles. The van der Waals surface area contributed by atoms with Crippen LogP contribution in [0.2, 0.25) is 0 Å². The topological polar surface area (TPSA) is 104 Å². The van der Waals surface area contributed by atoms with Crippen LogP contribution in [0, 0.1) is 0 Å². The van der Waals surface area contributed by atoms with Crippen LogP contribution >= 0.6 is 0 Å². The number of anilines is 1. The lowest BCUT2D eigenvalue weighted by atomic mass is 10.1. The summed E-state index contributed by atoms with van der Waals surface area (Å²) >= 11 is 0. The molecule has 0 aliphatic rings. The zero-order valence-electron chi connectivity index (χ0n) is 13.6. The maximum atomic E-state index is 12.2. The lowest BCUT2D eigenvalue weighted by Crippen LogP contribution is -2.25. The Morgan fingerprint density at radius 1 is 1.16 bits per heavy atom. The number of nitrogens with one attached hydrogen (secondary N) is 3. The molecule has 0 fully saturated rings. The number of oxazole rings is 1. The van der Waals surface area contributed by atoms with E-state index in [4.69, 9.17) is 4.42 Å². The van der Waals surface area contributed by atoms with E-state index in [0.29, 0.717) is 35.3 Å². The molecule has 25 heavy (non-hydrogen) atoms. The van der Waals surface area contributed by atoms with Gasteiger partial charge in [0.2, 0.25) is 5.91 Å². The third kappa shape index (κ3) is 4.14. The standard InChI is InChI=1S/C18H17N3O4/c1-11(22)20-14-4-2-3-13(10-14)17(23)19-8-7-12-5-6-16-15(9-12)21-18(24)25-16/h2-6,9-10H,7-8H2,1H3,(H,19,23)(H,20,22)(H,21,24). The highest BCUT2D eigenvalue weighted by Crippen LogP contribution is 2.13. The van der Waals surface area contributed by atoms with Gasteiger partial charge in [-0.25, -0.2) is 4.79 Å². The van der Waals surface area contributed by atoms with Crippen molar-refractivity contribution in [2.24, 2.45) is 0 Å². The summed E-state index contributed by atoms with van der Waals surface area (Å²) in [5, 5.41) is 5.48. The molecule has 0 bridgehead atoms. The van der Waals surface area contributed by atoms with Crippen molar-refractivity contribution in [2.45, 2.75) is 13.3 Å². The van der Waals surface area contributed by atoms with Gasteiger partial charge in [0.1, 0.15) is 0 Å². The van der Waals surface area contributed by atoms with E-state index in [2.05, 4.69) is 15.6 Å². The van der Waals surface area contributed by atoms with E-state index in [1.165, 1.54) is 6.92 Å². The summed E-state index contributed by atoms with van der Waals surface area (Å²) in [5.41, 5.74) is 3.16. The molecule has 0 aliphatic carbocycles. The average molecular weight is 339 g/mol. The highest BCUT2D eigenvalue weighted by molar-refractivity contribution is 5.96. The molecule has 128 valence electrons. The van der Waals surface area contributed by atoms with Crippen molar-refractivity contribution < 1.29 is 14.0 Å². The predicted molar refractivity (Wildman–Crippen MR) is 93.6 cm³/mol. The number of benzene rings is 2. The van der Waals surface area contributed by atoms with Crippen LogP contribution in [0.3, 0.4) is 0 Å². The van der Waals surface area contributed by atoms with Gasteiger partial charge in [-0.15, -0.1) is 0 Å². The number of hydrogen-bond donors (Lipinski definition) is 3. The van der Waals surface area contributed by atoms with Crippen LogP contribution in [0.1, 0.15) is 22.8 Å². The van der Waals surface area contributed by atoms with E-state index in [1.54, 1.807) is 30.3 Å². The summed E-state index contributed by atoms with van der Waals surface area (Å²) in [6, 6.07) is 12.1. The van der Waals surface area contributed by atoms with Crippen LogP contribution in [0.5, 0.6) is 0 Å². The number of H-pyrrole nitrogens is 1. The van der Waals surface area contributed by atoms with Crippen LogP contribution in [0.15, 0.2) is 51.7 Å². The predicted octanol–water partition coefficient (Wildman–Crippen LogP) is 2.05. The Labute approximate surface area is 143 Å². The number of aromatic nitrogens is 1. The molecule has 7 nitrogen and oxygen atoms in total. The van der Waals surface area contributed by atoms with Crippen molar-refractivity contribution in [2.75, 3.05) is 11.9 Å². The van der Waals surface area contributed by atoms with Crippen molar-refractivity contribution >= 4 is 28.6 Å². The van der Waals surface area contributed by atoms with Gasteiger partial charge in [-0.2, -0.15) is 0 Å². The normalized spacial score (nSPS) is 10.6. The number of rotatable bonds is 5. The van der Waals surface area contributed by atoms with Gasteiger partial charge in [-0.3, -0.25) is 14.6 Å². The molecule has 0 spiro atoms. The Bertz CT molecular complexity index is 987. The van der Waals surface area contributed by atoms with Crippen molar-refractivity contribution in [1.82, 2.24) is 10.3 Å². The van der Waals surface area contributed by atoms with Crippen LogP contribution in [0.25, 0.3) is 11.1 Å². The second kappa shape index (κ2) is 7.04. The molecule has 1 aromatic heterocycles. The second-order valence-electron chi connectivity index (χ2n) is 5.61. The Morgan fingerprint density at radius 2 is 2.00 bits per heavy atom. The number of hydrogen-bond acceptors (Lipinski definition) is 4. The van der Waals surface area contributed by atoms with Crippen LogP contribution in [0.4, 0.5) is 5.69 Å². The summed E-state index contributed by atoms with van der Waals surface area (Å²) in [6.45, 7) is 1.85. The van der Waals surface area contributed by atoms with Crippen LogP contribution in [-0.2, 0) is 11.2 Å². The molecule has 3 aromatic rings. The third-order valence-electron chi connectivity index (χ3n) is 3.63. The van der Waals surface area contributed by atoms with E-state index in [-0.39, 0.29) is 11.8 Å². The molecular weight excluding hydrogens is 322 g/mol. The molecule has 0 saturated carbocycles. The molecular formula is C18H17N3O4. The van der Waals surface area contributed by atoms with E-state index >= 15 is 0 Å². The number of carbonyl (C=O) groups is 2. The average Bonchev–Trinajstić information content (AvgIpc) is 2.93. The smallest absolute Gasteiger partial charge is 0.408 e. The molecule has 0 unspecified atom stereocenters. The quantitative estimate of drug-likeness (QED) is 0.662. The minimum atomic E-state index is -0.487. The molecule has 3 rings (SSSR count). The molecule has 2 amide bonds. The number of amides is 2. The first-order valence-corrected chi connectivity index (χ1v) is 7.79. The maximum Gasteiger partial charge on any atom is 0.417 e. The van der Waals surface area contributed by atoms with Crippen molar-refractivity contribution in [3.05, 3.63) is 64.1 Å². The first-order chi connectivity index (χ1) is 12.0. The Balaban J connectivity index is 1.59. The summed E-state index contributed by atoms with van der Waals surface area (Å²) in [5.74, 6) is -0.894. The lowest BCUT2D eigenvalue weighted by molar-refractivity contribution is -0.114. The second-order valence-corrected chi connectivity index (χ2v) is 5.61. The molecule has 3 N–H and O–H groups in total. The lowest BCUT2D eigenvalue weighted by Gasteiger charge is -2.07. The van der Waals surface area contributed by atoms with E-state index in [9.17, 15) is 14.4 Å². The fourth-order valence-electron chi connectivity index (χ4n) is 2.52. The minimum absolute atomic E-state index is 0.190. The highest BCUT2D eigenvalue weighted by Gasteiger charge is 2.07. The summed E-state index contributed by atoms with van der Waals surface area (Å²) in [6.07, 6.45) is 0.611. The monoisotopic (exact) mass is 339 g/mol. The van der Waals surface area contributed by atoms with E-state index in [0.717, 1.165) is 5.56 Å². The zero-order valence-corrected chi connectivity index (χ0v) is 13.6. The van der Waals surface area contributed by atoms with Gasteiger partial charge >= 0.3 is 5.76 Å². The highest BCUT2D eigenvalue weighted by atomic mass is 16.4. The molecule has 2 aromatic carbocycles. The molecule has 7 heteroatoms. The minimum Gasteiger partial charge on any atom is -0.408 e. The summed E-state index contributed by atoms with van der Waals surface area (Å²) in [4.78, 5) is 37.0. The Kier molecular flexibility index (Phi) is 4.65. The first-order valence-electron chi connectivity index (χ1n) is 7.79. The molecule has 1 heterocycles. The maximum absolute atomic E-state index is 12.2. The number of aromatic amines is 1. The number of fused-ring (bicyclic) bond motifs is 1. The van der Waals surface area contributed by atoms with Gasteiger partial charge in [0, 0.05) is 24.7 Å². The zero-order chi connectivity index (χ0) is 17.8. The van der Waals surface area contributed by atoms with Gasteiger partial charge < -0.3 is 15.1 Å². The fraction of sp³-hybridized carbons (Fsp3) is 0.167. The van der Waals surface area contributed by atoms with E-state index < -0.39 is 5.76 Å². The van der Waals surface area contributed by atoms with Gasteiger partial charge in [-0.1, -0.05) is 12.1 Å². The van der Waals surface area contributed by atoms with E-state index in [1.807, 2.05) is 12.1 Å². The largest absolute Gasteiger partial charge is 0.417 e. The molecule has 0 atom stereocenters. The Morgan fingerprint density at radius 3 is 2.80 bits per heavy atom. The van der Waals surface area contributed by atoms with Crippen LogP contribution in [-0.4, -0.2) is 23.3 Å². The van der Waals surface area contributed by atoms with Crippen molar-refractivity contribution in [1.29, 1.82) is 0 Å². The molecule has 0 aliphatic heterocycles. The van der Waals surface area contributed by atoms with Gasteiger partial charge in [0.15, 0.2) is 5.58 Å². The fourth-order valence-corrected chi connectivity index (χ4v) is 2.52. The van der Waals surface area contributed by atoms with Gasteiger partial charge in [0.05, 0.1) is 5.52 Å². The van der Waals surface area contributed by atoms with Crippen molar-refractivity contribution in [3.8, 4) is 0 Å². The third-order valence-corrected chi connectivity index (χ3v) is 3.63. The molecule has 0 radical (unpaired) electrons. The first kappa shape index (κ1) is 16.5. The van der Waals surface area contributed by atoms with Gasteiger partial charge in [0.25, 0.3) is 5.91 Å². The summed E-state index contributed by atoms with van der Waals surface area (Å²) < 4.78 is 4.95. The number of carbonyl (C=O) groups excluding carboxylic acids is 2. The van der Waals surface area contributed by atoms with Gasteiger partial charge in [-0.05, 0) is 42.3 Å². The summed E-state index contributed by atoms with van der Waals surface area (Å²) in [7, 11) is 0. The SMILES string of the molecule is CC(=O)Nc1cccc(C(=O)NCCc2ccc3oc(=O)[nH]c3c2)c1. The Hall–Kier alpha value is -3.35. The van der Waals surface area contributed by atoms with Crippen molar-refractivity contribution in [3.63, 3.8) is 0 Å². The van der Waals surface area contributed by atoms with Crippen LogP contribution < -0.4 is 16.4 Å².